The van der Waals surface area contributed by atoms with Gasteiger partial charge in [-0.2, -0.15) is 0 Å². The van der Waals surface area contributed by atoms with Crippen LogP contribution in [0.5, 0.6) is 5.75 Å². The topological polar surface area (TPSA) is 75.6 Å². The van der Waals surface area contributed by atoms with E-state index in [-0.39, 0.29) is 18.2 Å². The minimum absolute atomic E-state index is 0.0319. The van der Waals surface area contributed by atoms with E-state index < -0.39 is 11.5 Å². The summed E-state index contributed by atoms with van der Waals surface area (Å²) < 4.78 is 5.09. The maximum absolute atomic E-state index is 12.3. The minimum atomic E-state index is -0.861. The molecule has 0 saturated carbocycles. The Morgan fingerprint density at radius 3 is 2.33 bits per heavy atom. The summed E-state index contributed by atoms with van der Waals surface area (Å²) in [5, 5.41) is 11.6. The zero-order valence-electron chi connectivity index (χ0n) is 13.0. The molecule has 0 bridgehead atoms. The highest BCUT2D eigenvalue weighted by Crippen LogP contribution is 2.21. The summed E-state index contributed by atoms with van der Waals surface area (Å²) in [7, 11) is 1.59. The molecule has 0 aromatic heterocycles. The van der Waals surface area contributed by atoms with Gasteiger partial charge in [0.1, 0.15) is 5.75 Å². The molecule has 1 amide bonds. The highest BCUT2D eigenvalue weighted by molar-refractivity contribution is 5.83. The van der Waals surface area contributed by atoms with Crippen LogP contribution in [0.25, 0.3) is 0 Å². The van der Waals surface area contributed by atoms with Gasteiger partial charge in [0, 0.05) is 12.0 Å². The van der Waals surface area contributed by atoms with E-state index in [4.69, 9.17) is 9.84 Å². The lowest BCUT2D eigenvalue weighted by atomic mass is 9.95. The summed E-state index contributed by atoms with van der Waals surface area (Å²) in [6.07, 6.45) is 0.424. The number of aliphatic carboxylic acids is 1. The molecule has 1 rings (SSSR count). The van der Waals surface area contributed by atoms with Gasteiger partial charge in [-0.25, -0.2) is 0 Å². The summed E-state index contributed by atoms with van der Waals surface area (Å²) in [6.45, 7) is 5.48. The van der Waals surface area contributed by atoms with E-state index in [1.165, 1.54) is 0 Å². The fourth-order valence-corrected chi connectivity index (χ4v) is 1.97. The first kappa shape index (κ1) is 17.0. The minimum Gasteiger partial charge on any atom is -0.497 e. The number of carboxylic acid groups (broad SMARTS) is 1. The van der Waals surface area contributed by atoms with E-state index in [0.29, 0.717) is 6.42 Å². The average molecular weight is 293 g/mol. The monoisotopic (exact) mass is 293 g/mol. The summed E-state index contributed by atoms with van der Waals surface area (Å²) in [5.74, 6) is -0.538. The van der Waals surface area contributed by atoms with E-state index in [0.717, 1.165) is 11.3 Å². The van der Waals surface area contributed by atoms with Gasteiger partial charge in [0.25, 0.3) is 0 Å². The van der Waals surface area contributed by atoms with E-state index in [1.807, 2.05) is 45.0 Å². The third-order valence-electron chi connectivity index (χ3n) is 3.43. The van der Waals surface area contributed by atoms with Crippen LogP contribution in [-0.2, 0) is 9.59 Å². The molecule has 5 heteroatoms. The van der Waals surface area contributed by atoms with Crippen LogP contribution in [0.2, 0.25) is 0 Å². The van der Waals surface area contributed by atoms with Crippen LogP contribution in [0.15, 0.2) is 24.3 Å². The number of carbonyl (C=O) groups excluding carboxylic acids is 1. The third kappa shape index (κ3) is 5.45. The number of nitrogens with one attached hydrogen (secondary N) is 1. The first-order chi connectivity index (χ1) is 9.75. The van der Waals surface area contributed by atoms with Crippen molar-refractivity contribution in [2.75, 3.05) is 7.11 Å². The predicted molar refractivity (Wildman–Crippen MR) is 80.5 cm³/mol. The lowest BCUT2D eigenvalue weighted by Crippen LogP contribution is -2.45. The summed E-state index contributed by atoms with van der Waals surface area (Å²) in [6, 6.07) is 7.34. The second-order valence-corrected chi connectivity index (χ2v) is 5.76. The van der Waals surface area contributed by atoms with Gasteiger partial charge in [-0.15, -0.1) is 0 Å². The summed E-state index contributed by atoms with van der Waals surface area (Å²) in [5.41, 5.74) is 0.346. The van der Waals surface area contributed by atoms with Crippen molar-refractivity contribution >= 4 is 11.9 Å². The summed E-state index contributed by atoms with van der Waals surface area (Å²) >= 11 is 0. The lowest BCUT2D eigenvalue weighted by Gasteiger charge is -2.27. The summed E-state index contributed by atoms with van der Waals surface area (Å²) in [4.78, 5) is 22.9. The molecule has 1 unspecified atom stereocenters. The Morgan fingerprint density at radius 1 is 1.29 bits per heavy atom. The standard InChI is InChI=1S/C16H23NO4/c1-11(12-5-7-13(21-4)8-6-12)15(20)17-16(2,3)10-9-14(18)19/h5-8,11H,9-10H2,1-4H3,(H,17,20)(H,18,19). The molecule has 0 aliphatic rings. The van der Waals surface area contributed by atoms with Crippen LogP contribution in [-0.4, -0.2) is 29.6 Å². The van der Waals surface area contributed by atoms with Crippen molar-refractivity contribution in [2.45, 2.75) is 45.1 Å². The third-order valence-corrected chi connectivity index (χ3v) is 3.43. The Morgan fingerprint density at radius 2 is 1.86 bits per heavy atom. The quantitative estimate of drug-likeness (QED) is 0.810. The molecule has 21 heavy (non-hydrogen) atoms. The fraction of sp³-hybridized carbons (Fsp3) is 0.500. The molecule has 1 atom stereocenters. The van der Waals surface area contributed by atoms with Gasteiger partial charge in [-0.1, -0.05) is 12.1 Å². The molecule has 5 nitrogen and oxygen atoms in total. The molecule has 0 aliphatic heterocycles. The number of hydrogen-bond acceptors (Lipinski definition) is 3. The van der Waals surface area contributed by atoms with Crippen LogP contribution >= 0.6 is 0 Å². The van der Waals surface area contributed by atoms with E-state index in [2.05, 4.69) is 5.32 Å². The lowest BCUT2D eigenvalue weighted by molar-refractivity contribution is -0.137. The molecular weight excluding hydrogens is 270 g/mol. The first-order valence-corrected chi connectivity index (χ1v) is 6.93. The van der Waals surface area contributed by atoms with Crippen LogP contribution < -0.4 is 10.1 Å². The van der Waals surface area contributed by atoms with Gasteiger partial charge in [0.2, 0.25) is 5.91 Å². The molecule has 0 aliphatic carbocycles. The molecule has 0 fully saturated rings. The second-order valence-electron chi connectivity index (χ2n) is 5.76. The maximum atomic E-state index is 12.3. The van der Waals surface area contributed by atoms with E-state index in [9.17, 15) is 9.59 Å². The Hall–Kier alpha value is -2.04. The normalized spacial score (nSPS) is 12.6. The van der Waals surface area contributed by atoms with Crippen molar-refractivity contribution in [1.82, 2.24) is 5.32 Å². The Labute approximate surface area is 125 Å². The van der Waals surface area contributed by atoms with Crippen molar-refractivity contribution in [2.24, 2.45) is 0 Å². The smallest absolute Gasteiger partial charge is 0.303 e. The van der Waals surface area contributed by atoms with Crippen LogP contribution in [0, 0.1) is 0 Å². The molecule has 0 radical (unpaired) electrons. The van der Waals surface area contributed by atoms with Crippen LogP contribution in [0.4, 0.5) is 0 Å². The van der Waals surface area contributed by atoms with E-state index >= 15 is 0 Å². The fourth-order valence-electron chi connectivity index (χ4n) is 1.97. The molecule has 116 valence electrons. The maximum Gasteiger partial charge on any atom is 0.303 e. The molecule has 2 N–H and O–H groups in total. The number of carboxylic acids is 1. The van der Waals surface area contributed by atoms with Crippen molar-refractivity contribution in [3.63, 3.8) is 0 Å². The average Bonchev–Trinajstić information content (AvgIpc) is 2.44. The van der Waals surface area contributed by atoms with Gasteiger partial charge < -0.3 is 15.2 Å². The highest BCUT2D eigenvalue weighted by Gasteiger charge is 2.25. The number of benzene rings is 1. The number of rotatable bonds is 7. The second kappa shape index (κ2) is 7.11. The largest absolute Gasteiger partial charge is 0.497 e. The molecule has 1 aromatic rings. The Bertz CT molecular complexity index is 494. The highest BCUT2D eigenvalue weighted by atomic mass is 16.5. The van der Waals surface area contributed by atoms with Gasteiger partial charge in [0.05, 0.1) is 13.0 Å². The number of ether oxygens (including phenoxy) is 1. The van der Waals surface area contributed by atoms with Crippen LogP contribution in [0.1, 0.15) is 45.1 Å². The number of amides is 1. The van der Waals surface area contributed by atoms with Crippen molar-refractivity contribution in [3.05, 3.63) is 29.8 Å². The zero-order chi connectivity index (χ0) is 16.0. The number of hydrogen-bond donors (Lipinski definition) is 2. The van der Waals surface area contributed by atoms with Gasteiger partial charge >= 0.3 is 5.97 Å². The molecule has 0 spiro atoms. The van der Waals surface area contributed by atoms with Crippen molar-refractivity contribution < 1.29 is 19.4 Å². The SMILES string of the molecule is COc1ccc(C(C)C(=O)NC(C)(C)CCC(=O)O)cc1. The van der Waals surface area contributed by atoms with E-state index in [1.54, 1.807) is 7.11 Å². The first-order valence-electron chi connectivity index (χ1n) is 6.93. The molecule has 0 heterocycles. The van der Waals surface area contributed by atoms with Crippen molar-refractivity contribution in [3.8, 4) is 5.75 Å². The molecule has 1 aromatic carbocycles. The number of methoxy groups -OCH3 is 1. The molecule has 0 saturated heterocycles. The Kier molecular flexibility index (Phi) is 5.76. The Balaban J connectivity index is 2.66. The van der Waals surface area contributed by atoms with Gasteiger partial charge in [0.15, 0.2) is 0 Å². The van der Waals surface area contributed by atoms with Gasteiger partial charge in [-0.3, -0.25) is 9.59 Å². The van der Waals surface area contributed by atoms with Crippen LogP contribution in [0.3, 0.4) is 0 Å². The zero-order valence-corrected chi connectivity index (χ0v) is 13.0. The number of carbonyl (C=O) groups is 2. The molecular formula is C16H23NO4. The van der Waals surface area contributed by atoms with Crippen molar-refractivity contribution in [1.29, 1.82) is 0 Å². The predicted octanol–water partition coefficient (Wildman–Crippen LogP) is 2.56. The van der Waals surface area contributed by atoms with Gasteiger partial charge in [-0.05, 0) is 44.9 Å².